The molecule has 186 valence electrons. The highest BCUT2D eigenvalue weighted by molar-refractivity contribution is 6.99. The van der Waals surface area contributed by atoms with E-state index in [0.29, 0.717) is 23.7 Å². The number of benzene rings is 2. The fourth-order valence-corrected chi connectivity index (χ4v) is 10.5. The molecule has 2 aromatic heterocycles. The van der Waals surface area contributed by atoms with Crippen LogP contribution in [-0.4, -0.2) is 34.4 Å². The first-order valence-corrected chi connectivity index (χ1v) is 14.9. The van der Waals surface area contributed by atoms with Crippen LogP contribution in [0.2, 0.25) is 15.5 Å². The highest BCUT2D eigenvalue weighted by Crippen LogP contribution is 2.38. The number of aromatic nitrogens is 4. The highest BCUT2D eigenvalue weighted by Gasteiger charge is 2.50. The summed E-state index contributed by atoms with van der Waals surface area (Å²) in [5.74, 6) is 0.354. The van der Waals surface area contributed by atoms with E-state index < -0.39 is 8.32 Å². The second-order valence-corrected chi connectivity index (χ2v) is 15.4. The molecule has 0 saturated heterocycles. The van der Waals surface area contributed by atoms with Gasteiger partial charge in [-0.05, 0) is 45.8 Å². The Morgan fingerprint density at radius 3 is 2.22 bits per heavy atom. The van der Waals surface area contributed by atoms with Crippen molar-refractivity contribution in [2.75, 3.05) is 6.61 Å². The predicted molar refractivity (Wildman–Crippen MR) is 150 cm³/mol. The smallest absolute Gasteiger partial charge is 0.261 e. The SMILES string of the molecule is CC(C)(C)[Si](OC[C@@H]1CC=C[C@H](n2cnc3c(Cl)nc(Cl)nc32)C1)(c1ccccc1)c1ccccc1. The summed E-state index contributed by atoms with van der Waals surface area (Å²) in [7, 11) is -2.58. The van der Waals surface area contributed by atoms with E-state index in [-0.39, 0.29) is 21.5 Å². The van der Waals surface area contributed by atoms with Crippen molar-refractivity contribution in [1.82, 2.24) is 19.5 Å². The summed E-state index contributed by atoms with van der Waals surface area (Å²) in [6, 6.07) is 21.7. The van der Waals surface area contributed by atoms with E-state index in [1.807, 2.05) is 4.57 Å². The zero-order valence-electron chi connectivity index (χ0n) is 20.7. The second kappa shape index (κ2) is 10.1. The fourth-order valence-electron chi connectivity index (χ4n) is 5.39. The molecule has 0 radical (unpaired) electrons. The van der Waals surface area contributed by atoms with Crippen molar-refractivity contribution >= 4 is 53.1 Å². The van der Waals surface area contributed by atoms with E-state index in [2.05, 4.69) is 109 Å². The van der Waals surface area contributed by atoms with Gasteiger partial charge in [0.2, 0.25) is 5.28 Å². The molecule has 5 nitrogen and oxygen atoms in total. The van der Waals surface area contributed by atoms with Gasteiger partial charge in [-0.3, -0.25) is 0 Å². The van der Waals surface area contributed by atoms with Gasteiger partial charge < -0.3 is 8.99 Å². The van der Waals surface area contributed by atoms with Gasteiger partial charge in [-0.2, -0.15) is 4.98 Å². The normalized spacial score (nSPS) is 18.6. The third-order valence-corrected chi connectivity index (χ3v) is 12.5. The number of hydrogen-bond acceptors (Lipinski definition) is 4. The molecular weight excluding hydrogens is 507 g/mol. The van der Waals surface area contributed by atoms with Gasteiger partial charge in [-0.1, -0.05) is 105 Å². The number of hydrogen-bond donors (Lipinski definition) is 0. The summed E-state index contributed by atoms with van der Waals surface area (Å²) >= 11 is 12.4. The number of allylic oxidation sites excluding steroid dienone is 2. The van der Waals surface area contributed by atoms with Crippen molar-refractivity contribution in [2.24, 2.45) is 5.92 Å². The topological polar surface area (TPSA) is 52.8 Å². The Morgan fingerprint density at radius 1 is 0.972 bits per heavy atom. The quantitative estimate of drug-likeness (QED) is 0.127. The van der Waals surface area contributed by atoms with Gasteiger partial charge >= 0.3 is 0 Å². The summed E-state index contributed by atoms with van der Waals surface area (Å²) in [5, 5.41) is 2.95. The van der Waals surface area contributed by atoms with Crippen LogP contribution < -0.4 is 10.4 Å². The van der Waals surface area contributed by atoms with Crippen molar-refractivity contribution < 1.29 is 4.43 Å². The number of nitrogens with zero attached hydrogens (tertiary/aromatic N) is 4. The maximum atomic E-state index is 7.21. The highest BCUT2D eigenvalue weighted by atomic mass is 35.5. The fraction of sp³-hybridized carbons (Fsp3) is 0.321. The molecule has 1 aliphatic rings. The molecule has 2 heterocycles. The van der Waals surface area contributed by atoms with Gasteiger partial charge in [-0.25, -0.2) is 9.97 Å². The maximum absolute atomic E-state index is 7.21. The van der Waals surface area contributed by atoms with Crippen LogP contribution in [0.5, 0.6) is 0 Å². The number of fused-ring (bicyclic) bond motifs is 1. The lowest BCUT2D eigenvalue weighted by Gasteiger charge is -2.44. The van der Waals surface area contributed by atoms with Crippen LogP contribution in [0, 0.1) is 5.92 Å². The van der Waals surface area contributed by atoms with Crippen LogP contribution in [-0.2, 0) is 4.43 Å². The van der Waals surface area contributed by atoms with Crippen molar-refractivity contribution in [3.63, 3.8) is 0 Å². The predicted octanol–water partition coefficient (Wildman–Crippen LogP) is 6.22. The lowest BCUT2D eigenvalue weighted by atomic mass is 9.91. The molecule has 0 bridgehead atoms. The molecule has 4 aromatic rings. The Labute approximate surface area is 223 Å². The van der Waals surface area contributed by atoms with Crippen LogP contribution in [0.3, 0.4) is 0 Å². The molecule has 1 aliphatic carbocycles. The number of rotatable bonds is 6. The Bertz CT molecular complexity index is 1330. The largest absolute Gasteiger partial charge is 0.407 e. The van der Waals surface area contributed by atoms with E-state index in [1.54, 1.807) is 6.33 Å². The molecule has 0 amide bonds. The minimum absolute atomic E-state index is 0.0510. The zero-order chi connectivity index (χ0) is 25.3. The molecule has 0 unspecified atom stereocenters. The molecule has 0 saturated carbocycles. The maximum Gasteiger partial charge on any atom is 0.261 e. The molecule has 8 heteroatoms. The minimum Gasteiger partial charge on any atom is -0.407 e. The van der Waals surface area contributed by atoms with E-state index >= 15 is 0 Å². The number of halogens is 2. The van der Waals surface area contributed by atoms with Gasteiger partial charge in [0.25, 0.3) is 8.32 Å². The first-order chi connectivity index (χ1) is 17.3. The van der Waals surface area contributed by atoms with Gasteiger partial charge in [0.15, 0.2) is 10.8 Å². The Morgan fingerprint density at radius 2 is 1.61 bits per heavy atom. The third-order valence-electron chi connectivity index (χ3n) is 7.06. The lowest BCUT2D eigenvalue weighted by Crippen LogP contribution is -2.66. The Balaban J connectivity index is 1.45. The van der Waals surface area contributed by atoms with Crippen molar-refractivity contribution in [3.8, 4) is 0 Å². The van der Waals surface area contributed by atoms with Crippen LogP contribution in [0.15, 0.2) is 79.1 Å². The summed E-state index contributed by atoms with van der Waals surface area (Å²) in [4.78, 5) is 12.9. The van der Waals surface area contributed by atoms with Crippen LogP contribution in [0.4, 0.5) is 0 Å². The summed E-state index contributed by atoms with van der Waals surface area (Å²) in [6.45, 7) is 7.62. The lowest BCUT2D eigenvalue weighted by molar-refractivity contribution is 0.213. The summed E-state index contributed by atoms with van der Waals surface area (Å²) < 4.78 is 9.25. The summed E-state index contributed by atoms with van der Waals surface area (Å²) in [5.41, 5.74) is 1.23. The van der Waals surface area contributed by atoms with Crippen molar-refractivity contribution in [3.05, 3.63) is 89.6 Å². The van der Waals surface area contributed by atoms with E-state index in [4.69, 9.17) is 27.6 Å². The van der Waals surface area contributed by atoms with Crippen LogP contribution in [0.1, 0.15) is 39.7 Å². The average Bonchev–Trinajstić information content (AvgIpc) is 3.29. The molecular formula is C28H30Cl2N4OSi. The molecule has 0 fully saturated rings. The van der Waals surface area contributed by atoms with E-state index in [9.17, 15) is 0 Å². The van der Waals surface area contributed by atoms with Gasteiger partial charge in [0.1, 0.15) is 5.52 Å². The minimum atomic E-state index is -2.58. The first-order valence-electron chi connectivity index (χ1n) is 12.3. The monoisotopic (exact) mass is 536 g/mol. The Hall–Kier alpha value is -2.51. The van der Waals surface area contributed by atoms with Crippen molar-refractivity contribution in [2.45, 2.75) is 44.7 Å². The van der Waals surface area contributed by atoms with Crippen LogP contribution in [0.25, 0.3) is 11.2 Å². The molecule has 2 aromatic carbocycles. The zero-order valence-corrected chi connectivity index (χ0v) is 23.2. The molecule has 0 spiro atoms. The van der Waals surface area contributed by atoms with Crippen LogP contribution >= 0.6 is 23.2 Å². The standard InChI is InChI=1S/C28H30Cl2N4OSi/c1-28(2,3)36(22-13-6-4-7-14-22,23-15-8-5-9-16-23)35-18-20-11-10-12-21(17-20)34-19-31-24-25(29)32-27(30)33-26(24)34/h4-10,12-16,19-21H,11,17-18H2,1-3H3/t20-,21+/m1/s1. The Kier molecular flexibility index (Phi) is 7.05. The van der Waals surface area contributed by atoms with Gasteiger partial charge in [0.05, 0.1) is 12.4 Å². The number of imidazole rings is 1. The first kappa shape index (κ1) is 25.1. The van der Waals surface area contributed by atoms with Gasteiger partial charge in [0, 0.05) is 6.61 Å². The molecule has 36 heavy (non-hydrogen) atoms. The molecule has 0 N–H and O–H groups in total. The van der Waals surface area contributed by atoms with E-state index in [0.717, 1.165) is 12.8 Å². The van der Waals surface area contributed by atoms with Gasteiger partial charge in [-0.15, -0.1) is 0 Å². The molecule has 0 aliphatic heterocycles. The molecule has 5 rings (SSSR count). The average molecular weight is 538 g/mol. The van der Waals surface area contributed by atoms with Crippen molar-refractivity contribution in [1.29, 1.82) is 0 Å². The molecule has 2 atom stereocenters. The third kappa shape index (κ3) is 4.63. The van der Waals surface area contributed by atoms with E-state index in [1.165, 1.54) is 10.4 Å². The summed E-state index contributed by atoms with van der Waals surface area (Å²) in [6.07, 6.45) is 8.12. The second-order valence-electron chi connectivity index (χ2n) is 10.4.